The molecule has 2 aliphatic heterocycles. The summed E-state index contributed by atoms with van der Waals surface area (Å²) in [5.74, 6) is -0.787. The summed E-state index contributed by atoms with van der Waals surface area (Å²) in [6.45, 7) is 1.60. The number of esters is 1. The molecule has 1 amide bonds. The van der Waals surface area contributed by atoms with Gasteiger partial charge >= 0.3 is 5.97 Å². The lowest BCUT2D eigenvalue weighted by atomic mass is 10.0. The Labute approximate surface area is 186 Å². The molecular weight excluding hydrogens is 436 g/mol. The second kappa shape index (κ2) is 8.94. The molecule has 1 aromatic carbocycles. The summed E-state index contributed by atoms with van der Waals surface area (Å²) < 4.78 is 32.8. The van der Waals surface area contributed by atoms with Crippen LogP contribution in [-0.4, -0.2) is 56.2 Å². The Morgan fingerprint density at radius 2 is 1.81 bits per heavy atom. The van der Waals surface area contributed by atoms with E-state index < -0.39 is 16.0 Å². The molecule has 1 saturated heterocycles. The number of fused-ring (bicyclic) bond motifs is 1. The van der Waals surface area contributed by atoms with Gasteiger partial charge in [0.1, 0.15) is 4.21 Å². The van der Waals surface area contributed by atoms with Gasteiger partial charge in [-0.05, 0) is 36.5 Å². The summed E-state index contributed by atoms with van der Waals surface area (Å²) in [7, 11) is -2.51. The van der Waals surface area contributed by atoms with E-state index >= 15 is 0 Å². The van der Waals surface area contributed by atoms with Crippen LogP contribution in [-0.2, 0) is 32.5 Å². The molecule has 0 aliphatic carbocycles. The summed E-state index contributed by atoms with van der Waals surface area (Å²) in [4.78, 5) is 27.6. The number of amides is 1. The number of methoxy groups -OCH3 is 1. The Kier molecular flexibility index (Phi) is 6.27. The first-order chi connectivity index (χ1) is 14.9. The van der Waals surface area contributed by atoms with Gasteiger partial charge in [-0.2, -0.15) is 4.31 Å². The third-order valence-electron chi connectivity index (χ3n) is 5.58. The largest absolute Gasteiger partial charge is 0.465 e. The van der Waals surface area contributed by atoms with E-state index in [4.69, 9.17) is 4.74 Å². The molecule has 0 unspecified atom stereocenters. The molecular formula is C22H24N2O5S2. The van der Waals surface area contributed by atoms with Gasteiger partial charge in [0, 0.05) is 30.6 Å². The number of benzene rings is 1. The van der Waals surface area contributed by atoms with Gasteiger partial charge < -0.3 is 9.64 Å². The van der Waals surface area contributed by atoms with Crippen LogP contribution < -0.4 is 0 Å². The van der Waals surface area contributed by atoms with E-state index in [0.717, 1.165) is 34.6 Å². The Hall–Kier alpha value is -2.49. The van der Waals surface area contributed by atoms with E-state index in [1.54, 1.807) is 11.0 Å². The molecule has 1 aromatic heterocycles. The Morgan fingerprint density at radius 1 is 1.10 bits per heavy atom. The number of rotatable bonds is 5. The van der Waals surface area contributed by atoms with Crippen LogP contribution in [0.3, 0.4) is 0 Å². The minimum Gasteiger partial charge on any atom is -0.465 e. The molecule has 0 saturated carbocycles. The highest BCUT2D eigenvalue weighted by molar-refractivity contribution is 7.91. The van der Waals surface area contributed by atoms with Crippen LogP contribution in [0.1, 0.15) is 39.2 Å². The number of hydrogen-bond acceptors (Lipinski definition) is 6. The topological polar surface area (TPSA) is 84.0 Å². The maximum atomic E-state index is 13.2. The third kappa shape index (κ3) is 4.30. The first-order valence-corrected chi connectivity index (χ1v) is 12.4. The van der Waals surface area contributed by atoms with E-state index in [9.17, 15) is 18.0 Å². The highest BCUT2D eigenvalue weighted by atomic mass is 32.2. The molecule has 0 spiro atoms. The summed E-state index contributed by atoms with van der Waals surface area (Å²) in [5, 5.41) is 0. The predicted molar refractivity (Wildman–Crippen MR) is 118 cm³/mol. The lowest BCUT2D eigenvalue weighted by Crippen LogP contribution is -2.34. The second-order valence-electron chi connectivity index (χ2n) is 7.52. The first-order valence-electron chi connectivity index (χ1n) is 10.2. The molecule has 7 nitrogen and oxygen atoms in total. The van der Waals surface area contributed by atoms with Crippen molar-refractivity contribution in [2.45, 2.75) is 30.0 Å². The summed E-state index contributed by atoms with van der Waals surface area (Å²) in [6, 6.07) is 9.54. The van der Waals surface area contributed by atoms with Crippen molar-refractivity contribution in [2.24, 2.45) is 0 Å². The summed E-state index contributed by atoms with van der Waals surface area (Å²) in [5.41, 5.74) is 1.75. The molecule has 0 atom stereocenters. The van der Waals surface area contributed by atoms with Crippen molar-refractivity contribution >= 4 is 39.3 Å². The van der Waals surface area contributed by atoms with E-state index in [2.05, 4.69) is 0 Å². The van der Waals surface area contributed by atoms with Crippen molar-refractivity contribution in [3.8, 4) is 0 Å². The number of thiophene rings is 1. The lowest BCUT2D eigenvalue weighted by molar-refractivity contribution is -0.126. The summed E-state index contributed by atoms with van der Waals surface area (Å²) in [6.07, 6.45) is 5.32. The highest BCUT2D eigenvalue weighted by Crippen LogP contribution is 2.38. The fourth-order valence-corrected chi connectivity index (χ4v) is 7.50. The van der Waals surface area contributed by atoms with Crippen LogP contribution in [0.15, 0.2) is 40.6 Å². The fourth-order valence-electron chi connectivity index (χ4n) is 3.94. The Morgan fingerprint density at radius 3 is 2.48 bits per heavy atom. The van der Waals surface area contributed by atoms with E-state index in [-0.39, 0.29) is 22.2 Å². The van der Waals surface area contributed by atoms with Crippen molar-refractivity contribution in [2.75, 3.05) is 26.7 Å². The van der Waals surface area contributed by atoms with Crippen molar-refractivity contribution in [1.29, 1.82) is 0 Å². The van der Waals surface area contributed by atoms with Gasteiger partial charge in [0.25, 0.3) is 10.0 Å². The Bertz CT molecular complexity index is 1120. The quantitative estimate of drug-likeness (QED) is 0.506. The predicted octanol–water partition coefficient (Wildman–Crippen LogP) is 2.92. The molecule has 3 heterocycles. The van der Waals surface area contributed by atoms with E-state index in [1.165, 1.54) is 17.5 Å². The van der Waals surface area contributed by atoms with Crippen LogP contribution in [0, 0.1) is 0 Å². The molecule has 2 aliphatic rings. The molecule has 0 N–H and O–H groups in total. The maximum absolute atomic E-state index is 13.2. The van der Waals surface area contributed by atoms with Crippen LogP contribution in [0.5, 0.6) is 0 Å². The molecule has 4 rings (SSSR count). The molecule has 0 radical (unpaired) electrons. The van der Waals surface area contributed by atoms with E-state index in [1.807, 2.05) is 30.3 Å². The monoisotopic (exact) mass is 460 g/mol. The van der Waals surface area contributed by atoms with Crippen LogP contribution in [0.4, 0.5) is 0 Å². The molecule has 0 bridgehead atoms. The van der Waals surface area contributed by atoms with Crippen molar-refractivity contribution in [3.05, 3.63) is 58.0 Å². The minimum absolute atomic E-state index is 0.0420. The normalized spacial score (nSPS) is 17.1. The van der Waals surface area contributed by atoms with Gasteiger partial charge in [0.05, 0.1) is 19.2 Å². The standard InChI is InChI=1S/C22H24N2O5S2/c1-29-21(26)20-17-11-14-23(19(25)10-9-16-7-3-2-4-8-16)15-18(17)30-22(20)31(27,28)24-12-5-6-13-24/h2-4,7-10H,5-6,11-15H2,1H3/b10-9+. The van der Waals surface area contributed by atoms with Crippen LogP contribution >= 0.6 is 11.3 Å². The van der Waals surface area contributed by atoms with Crippen LogP contribution in [0.25, 0.3) is 6.08 Å². The third-order valence-corrected chi connectivity index (χ3v) is 9.19. The van der Waals surface area contributed by atoms with Gasteiger partial charge in [-0.1, -0.05) is 30.3 Å². The zero-order valence-corrected chi connectivity index (χ0v) is 18.9. The van der Waals surface area contributed by atoms with Gasteiger partial charge in [0.2, 0.25) is 5.91 Å². The molecule has 2 aromatic rings. The zero-order chi connectivity index (χ0) is 22.0. The first kappa shape index (κ1) is 21.7. The van der Waals surface area contributed by atoms with Crippen molar-refractivity contribution < 1.29 is 22.7 Å². The lowest BCUT2D eigenvalue weighted by Gasteiger charge is -2.26. The van der Waals surface area contributed by atoms with Gasteiger partial charge in [-0.25, -0.2) is 13.2 Å². The fraction of sp³-hybridized carbons (Fsp3) is 0.364. The molecule has 1 fully saturated rings. The minimum atomic E-state index is -3.77. The zero-order valence-electron chi connectivity index (χ0n) is 17.2. The number of carbonyl (C=O) groups excluding carboxylic acids is 2. The average Bonchev–Trinajstić information content (AvgIpc) is 3.46. The van der Waals surface area contributed by atoms with Crippen molar-refractivity contribution in [3.63, 3.8) is 0 Å². The SMILES string of the molecule is COC(=O)c1c(S(=O)(=O)N2CCCC2)sc2c1CCN(C(=O)/C=C/c1ccccc1)C2. The summed E-state index contributed by atoms with van der Waals surface area (Å²) >= 11 is 1.09. The second-order valence-corrected chi connectivity index (χ2v) is 10.8. The van der Waals surface area contributed by atoms with Gasteiger partial charge in [-0.3, -0.25) is 4.79 Å². The van der Waals surface area contributed by atoms with Gasteiger partial charge in [-0.15, -0.1) is 11.3 Å². The van der Waals surface area contributed by atoms with Crippen molar-refractivity contribution in [1.82, 2.24) is 9.21 Å². The number of ether oxygens (including phenoxy) is 1. The van der Waals surface area contributed by atoms with Gasteiger partial charge in [0.15, 0.2) is 0 Å². The highest BCUT2D eigenvalue weighted by Gasteiger charge is 2.38. The molecule has 9 heteroatoms. The molecule has 164 valence electrons. The number of hydrogen-bond donors (Lipinski definition) is 0. The van der Waals surface area contributed by atoms with Crippen LogP contribution in [0.2, 0.25) is 0 Å². The van der Waals surface area contributed by atoms with E-state index in [0.29, 0.717) is 31.6 Å². The number of nitrogens with zero attached hydrogens (tertiary/aromatic N) is 2. The molecule has 31 heavy (non-hydrogen) atoms. The number of sulfonamides is 1. The Balaban J connectivity index is 1.62. The smallest absolute Gasteiger partial charge is 0.340 e. The average molecular weight is 461 g/mol. The maximum Gasteiger partial charge on any atom is 0.340 e. The number of carbonyl (C=O) groups is 2.